The molecule has 4 rings (SSSR count). The lowest BCUT2D eigenvalue weighted by atomic mass is 9.82. The summed E-state index contributed by atoms with van der Waals surface area (Å²) in [6, 6.07) is 9.72. The van der Waals surface area contributed by atoms with Gasteiger partial charge in [-0.2, -0.15) is 9.49 Å². The molecule has 1 saturated heterocycles. The molecule has 6 nitrogen and oxygen atoms in total. The molecule has 9 heteroatoms. The van der Waals surface area contributed by atoms with Crippen LogP contribution in [0.4, 0.5) is 4.39 Å². The summed E-state index contributed by atoms with van der Waals surface area (Å²) < 4.78 is 20.6. The summed E-state index contributed by atoms with van der Waals surface area (Å²) in [4.78, 5) is 13.9. The van der Waals surface area contributed by atoms with Gasteiger partial charge in [0.15, 0.2) is 6.10 Å². The monoisotopic (exact) mass is 471 g/mol. The van der Waals surface area contributed by atoms with E-state index in [1.165, 1.54) is 10.7 Å². The molecule has 2 heterocycles. The normalized spacial score (nSPS) is 26.9. The number of morpholine rings is 1. The number of aryl methyl sites for hydroxylation is 1. The lowest BCUT2D eigenvalue weighted by molar-refractivity contribution is -0.162. The van der Waals surface area contributed by atoms with Gasteiger partial charge in [0.1, 0.15) is 0 Å². The number of carbonyl (C=O) groups is 1. The van der Waals surface area contributed by atoms with E-state index >= 15 is 0 Å². The van der Waals surface area contributed by atoms with Gasteiger partial charge in [0.2, 0.25) is 5.95 Å². The minimum absolute atomic E-state index is 0. The Kier molecular flexibility index (Phi) is 7.97. The molecule has 0 radical (unpaired) electrons. The van der Waals surface area contributed by atoms with Crippen LogP contribution in [0.15, 0.2) is 30.3 Å². The summed E-state index contributed by atoms with van der Waals surface area (Å²) in [7, 11) is 1.62. The topological polar surface area (TPSA) is 67.6 Å². The van der Waals surface area contributed by atoms with Crippen LogP contribution in [0.25, 0.3) is 0 Å². The molecule has 1 N–H and O–H groups in total. The van der Waals surface area contributed by atoms with E-state index in [1.54, 1.807) is 7.05 Å². The first-order chi connectivity index (χ1) is 14.4. The first-order valence-corrected chi connectivity index (χ1v) is 10.8. The third-order valence-electron chi connectivity index (χ3n) is 6.42. The molecule has 1 aromatic carbocycles. The standard InChI is InChI=1S/C22H27ClFN3O3.ClH/c1-26-21(24)11-19(25-26)15-4-8-17(9-5-15)27-12-20(22(28)29)30-13-18(27)10-14-2-6-16(23)7-3-14;/h2-3,6-7,11,15,17-18,20H,4-5,8-10,12-13H2,1H3,(H,28,29);1H/t15?,17?,18-,20+;/m0./s1. The number of carboxylic acid groups (broad SMARTS) is 1. The summed E-state index contributed by atoms with van der Waals surface area (Å²) in [6.07, 6.45) is 3.70. The second-order valence-corrected chi connectivity index (χ2v) is 8.80. The fraction of sp³-hybridized carbons (Fsp3) is 0.545. The van der Waals surface area contributed by atoms with Crippen molar-refractivity contribution in [2.75, 3.05) is 13.2 Å². The highest BCUT2D eigenvalue weighted by molar-refractivity contribution is 6.30. The van der Waals surface area contributed by atoms with Gasteiger partial charge in [0.05, 0.1) is 12.3 Å². The summed E-state index contributed by atoms with van der Waals surface area (Å²) in [6.45, 7) is 0.784. The Morgan fingerprint density at radius 2 is 1.94 bits per heavy atom. The van der Waals surface area contributed by atoms with Gasteiger partial charge in [-0.05, 0) is 49.8 Å². The molecule has 0 bridgehead atoms. The Morgan fingerprint density at radius 3 is 2.52 bits per heavy atom. The average molecular weight is 472 g/mol. The Bertz CT molecular complexity index is 865. The SMILES string of the molecule is Cl.Cn1nc(C2CCC(N3C[C@H](C(=O)O)OC[C@@H]3Cc3ccc(Cl)cc3)CC2)cc1F. The van der Waals surface area contributed by atoms with Crippen molar-refractivity contribution >= 4 is 30.0 Å². The van der Waals surface area contributed by atoms with Crippen LogP contribution in [-0.2, 0) is 23.0 Å². The van der Waals surface area contributed by atoms with Gasteiger partial charge in [0.25, 0.3) is 0 Å². The number of carboxylic acids is 1. The number of benzene rings is 1. The van der Waals surface area contributed by atoms with Crippen LogP contribution in [0, 0.1) is 5.95 Å². The van der Waals surface area contributed by atoms with E-state index in [4.69, 9.17) is 16.3 Å². The van der Waals surface area contributed by atoms with Crippen LogP contribution >= 0.6 is 24.0 Å². The molecule has 1 aromatic heterocycles. The van der Waals surface area contributed by atoms with Crippen molar-refractivity contribution in [3.05, 3.63) is 52.6 Å². The van der Waals surface area contributed by atoms with Gasteiger partial charge in [-0.1, -0.05) is 23.7 Å². The predicted octanol–water partition coefficient (Wildman–Crippen LogP) is 4.06. The van der Waals surface area contributed by atoms with E-state index < -0.39 is 12.1 Å². The Labute approximate surface area is 192 Å². The zero-order chi connectivity index (χ0) is 21.3. The fourth-order valence-electron chi connectivity index (χ4n) is 4.75. The van der Waals surface area contributed by atoms with Crippen LogP contribution < -0.4 is 0 Å². The molecular formula is C22H28Cl2FN3O3. The molecular weight excluding hydrogens is 444 g/mol. The van der Waals surface area contributed by atoms with E-state index in [0.717, 1.165) is 43.4 Å². The number of halogens is 3. The maximum Gasteiger partial charge on any atom is 0.334 e. The quantitative estimate of drug-likeness (QED) is 0.711. The summed E-state index contributed by atoms with van der Waals surface area (Å²) in [5, 5.41) is 14.5. The smallest absolute Gasteiger partial charge is 0.334 e. The Balaban J connectivity index is 0.00000272. The fourth-order valence-corrected chi connectivity index (χ4v) is 4.88. The van der Waals surface area contributed by atoms with Gasteiger partial charge < -0.3 is 9.84 Å². The maximum absolute atomic E-state index is 13.7. The van der Waals surface area contributed by atoms with E-state index in [9.17, 15) is 14.3 Å². The molecule has 2 aromatic rings. The number of ether oxygens (including phenoxy) is 1. The number of aromatic nitrogens is 2. The lowest BCUT2D eigenvalue weighted by Gasteiger charge is -2.45. The second kappa shape index (κ2) is 10.3. The summed E-state index contributed by atoms with van der Waals surface area (Å²) in [5.74, 6) is -0.974. The number of hydrogen-bond donors (Lipinski definition) is 1. The average Bonchev–Trinajstić information content (AvgIpc) is 3.08. The molecule has 1 aliphatic carbocycles. The minimum atomic E-state index is -0.914. The van der Waals surface area contributed by atoms with E-state index in [-0.39, 0.29) is 36.4 Å². The summed E-state index contributed by atoms with van der Waals surface area (Å²) in [5.41, 5.74) is 1.97. The highest BCUT2D eigenvalue weighted by Crippen LogP contribution is 2.36. The van der Waals surface area contributed by atoms with Crippen LogP contribution in [0.2, 0.25) is 5.02 Å². The molecule has 2 aliphatic rings. The molecule has 31 heavy (non-hydrogen) atoms. The molecule has 2 fully saturated rings. The Hall–Kier alpha value is -1.67. The maximum atomic E-state index is 13.7. The number of hydrogen-bond acceptors (Lipinski definition) is 4. The predicted molar refractivity (Wildman–Crippen MR) is 118 cm³/mol. The molecule has 0 unspecified atom stereocenters. The van der Waals surface area contributed by atoms with Gasteiger partial charge in [-0.15, -0.1) is 12.4 Å². The molecule has 170 valence electrons. The largest absolute Gasteiger partial charge is 0.479 e. The van der Waals surface area contributed by atoms with E-state index in [1.807, 2.05) is 24.3 Å². The van der Waals surface area contributed by atoms with Gasteiger partial charge in [0, 0.05) is 42.7 Å². The lowest BCUT2D eigenvalue weighted by Crippen LogP contribution is -2.57. The first-order valence-electron chi connectivity index (χ1n) is 10.4. The number of aliphatic carboxylic acids is 1. The van der Waals surface area contributed by atoms with Gasteiger partial charge in [-0.25, -0.2) is 9.48 Å². The highest BCUT2D eigenvalue weighted by Gasteiger charge is 2.38. The van der Waals surface area contributed by atoms with Gasteiger partial charge >= 0.3 is 5.97 Å². The zero-order valence-corrected chi connectivity index (χ0v) is 19.0. The number of rotatable bonds is 5. The third kappa shape index (κ3) is 5.58. The third-order valence-corrected chi connectivity index (χ3v) is 6.67. The Morgan fingerprint density at radius 1 is 1.26 bits per heavy atom. The van der Waals surface area contributed by atoms with Crippen LogP contribution in [-0.4, -0.2) is 57.1 Å². The molecule has 2 atom stereocenters. The molecule has 0 spiro atoms. The van der Waals surface area contributed by atoms with E-state index in [2.05, 4.69) is 10.00 Å². The van der Waals surface area contributed by atoms with Crippen molar-refractivity contribution in [2.24, 2.45) is 7.05 Å². The van der Waals surface area contributed by atoms with Crippen molar-refractivity contribution in [2.45, 2.75) is 56.2 Å². The van der Waals surface area contributed by atoms with Crippen LogP contribution in [0.1, 0.15) is 42.9 Å². The van der Waals surface area contributed by atoms with Gasteiger partial charge in [-0.3, -0.25) is 4.90 Å². The van der Waals surface area contributed by atoms with Crippen molar-refractivity contribution in [1.29, 1.82) is 0 Å². The van der Waals surface area contributed by atoms with Crippen LogP contribution in [0.5, 0.6) is 0 Å². The number of nitrogens with zero attached hydrogens (tertiary/aromatic N) is 3. The van der Waals surface area contributed by atoms with E-state index in [0.29, 0.717) is 18.2 Å². The molecule has 1 saturated carbocycles. The van der Waals surface area contributed by atoms with Crippen molar-refractivity contribution in [3.8, 4) is 0 Å². The molecule has 1 aliphatic heterocycles. The van der Waals surface area contributed by atoms with Crippen molar-refractivity contribution < 1.29 is 19.0 Å². The minimum Gasteiger partial charge on any atom is -0.479 e. The summed E-state index contributed by atoms with van der Waals surface area (Å²) >= 11 is 6.00. The van der Waals surface area contributed by atoms with Crippen LogP contribution in [0.3, 0.4) is 0 Å². The van der Waals surface area contributed by atoms with Crippen molar-refractivity contribution in [1.82, 2.24) is 14.7 Å². The molecule has 0 amide bonds. The van der Waals surface area contributed by atoms with Crippen molar-refractivity contribution in [3.63, 3.8) is 0 Å². The highest BCUT2D eigenvalue weighted by atomic mass is 35.5. The zero-order valence-electron chi connectivity index (χ0n) is 17.4. The second-order valence-electron chi connectivity index (χ2n) is 8.36. The first kappa shape index (κ1) is 24.0.